The van der Waals surface area contributed by atoms with Crippen LogP contribution in [0.4, 0.5) is 11.4 Å². The number of nitro benzene ring substituents is 1. The van der Waals surface area contributed by atoms with Crippen molar-refractivity contribution < 1.29 is 9.72 Å². The summed E-state index contributed by atoms with van der Waals surface area (Å²) in [6.07, 6.45) is 1.77. The van der Waals surface area contributed by atoms with Crippen molar-refractivity contribution in [2.75, 3.05) is 4.90 Å². The van der Waals surface area contributed by atoms with Gasteiger partial charge in [-0.05, 0) is 55.3 Å². The number of nitrogens with one attached hydrogen (secondary N) is 1. The van der Waals surface area contributed by atoms with Gasteiger partial charge in [0.15, 0.2) is 0 Å². The second-order valence-corrected chi connectivity index (χ2v) is 7.52. The highest BCUT2D eigenvalue weighted by Gasteiger charge is 2.34. The second-order valence-electron chi connectivity index (χ2n) is 7.08. The summed E-state index contributed by atoms with van der Waals surface area (Å²) in [6.45, 7) is 4.24. The number of anilines is 1. The third-order valence-electron chi connectivity index (χ3n) is 4.98. The number of benzene rings is 2. The van der Waals surface area contributed by atoms with Gasteiger partial charge in [-0.15, -0.1) is 0 Å². The highest BCUT2D eigenvalue weighted by Crippen LogP contribution is 2.40. The van der Waals surface area contributed by atoms with Crippen molar-refractivity contribution >= 4 is 40.5 Å². The topological polar surface area (TPSA) is 79.2 Å². The molecule has 1 aliphatic rings. The van der Waals surface area contributed by atoms with Crippen molar-refractivity contribution in [3.05, 3.63) is 91.7 Å². The maximum absolute atomic E-state index is 13.3. The Balaban J connectivity index is 1.82. The quantitative estimate of drug-likeness (QED) is 0.363. The molecule has 1 amide bonds. The largest absolute Gasteiger partial charge is 0.359 e. The first-order valence-corrected chi connectivity index (χ1v) is 9.44. The predicted molar refractivity (Wildman–Crippen MR) is 114 cm³/mol. The normalized spacial score (nSPS) is 14.5. The summed E-state index contributed by atoms with van der Waals surface area (Å²) >= 11 is 5.96. The molecule has 0 spiro atoms. The Morgan fingerprint density at radius 3 is 2.48 bits per heavy atom. The number of aromatic nitrogens is 1. The van der Waals surface area contributed by atoms with Gasteiger partial charge in [0.25, 0.3) is 11.6 Å². The number of nitrogens with zero attached hydrogens (tertiary/aromatic N) is 2. The zero-order valence-electron chi connectivity index (χ0n) is 15.9. The van der Waals surface area contributed by atoms with E-state index < -0.39 is 4.92 Å². The van der Waals surface area contributed by atoms with E-state index in [1.165, 1.54) is 12.1 Å². The molecule has 1 aromatic heterocycles. The molecule has 7 heteroatoms. The van der Waals surface area contributed by atoms with Crippen molar-refractivity contribution in [1.82, 2.24) is 4.98 Å². The van der Waals surface area contributed by atoms with E-state index in [-0.39, 0.29) is 11.6 Å². The number of H-pyrrole nitrogens is 1. The second kappa shape index (κ2) is 7.22. The number of aromatic amines is 1. The van der Waals surface area contributed by atoms with Gasteiger partial charge in [0.05, 0.1) is 22.7 Å². The molecule has 0 bridgehead atoms. The number of carbonyl (C=O) groups excluding carboxylic acids is 1. The summed E-state index contributed by atoms with van der Waals surface area (Å²) in [6, 6.07) is 13.8. The van der Waals surface area contributed by atoms with Gasteiger partial charge in [-0.2, -0.15) is 0 Å². The van der Waals surface area contributed by atoms with Crippen LogP contribution in [0, 0.1) is 24.0 Å². The lowest BCUT2D eigenvalue weighted by molar-refractivity contribution is -0.384. The van der Waals surface area contributed by atoms with Crippen LogP contribution in [0.2, 0.25) is 5.02 Å². The first-order valence-electron chi connectivity index (χ1n) is 9.06. The number of halogens is 1. The minimum atomic E-state index is -0.450. The highest BCUT2D eigenvalue weighted by atomic mass is 35.5. The monoisotopic (exact) mass is 407 g/mol. The third kappa shape index (κ3) is 3.54. The summed E-state index contributed by atoms with van der Waals surface area (Å²) in [5.41, 5.74) is 5.32. The fourth-order valence-corrected chi connectivity index (χ4v) is 3.70. The molecule has 0 saturated carbocycles. The predicted octanol–water partition coefficient (Wildman–Crippen LogP) is 5.28. The lowest BCUT2D eigenvalue weighted by Crippen LogP contribution is -2.25. The maximum Gasteiger partial charge on any atom is 0.270 e. The molecule has 0 radical (unpaired) electrons. The average molecular weight is 408 g/mol. The number of carbonyl (C=O) groups is 1. The van der Waals surface area contributed by atoms with Gasteiger partial charge >= 0.3 is 0 Å². The van der Waals surface area contributed by atoms with Gasteiger partial charge in [0.1, 0.15) is 0 Å². The van der Waals surface area contributed by atoms with Crippen LogP contribution in [0.3, 0.4) is 0 Å². The number of fused-ring (bicyclic) bond motifs is 1. The van der Waals surface area contributed by atoms with Crippen molar-refractivity contribution in [3.8, 4) is 0 Å². The number of nitro groups is 1. The molecule has 2 aromatic carbocycles. The lowest BCUT2D eigenvalue weighted by Gasteiger charge is -2.17. The molecule has 0 saturated heterocycles. The van der Waals surface area contributed by atoms with Gasteiger partial charge < -0.3 is 9.88 Å². The zero-order valence-corrected chi connectivity index (χ0v) is 16.7. The smallest absolute Gasteiger partial charge is 0.270 e. The van der Waals surface area contributed by atoms with Crippen LogP contribution in [0.1, 0.15) is 28.1 Å². The average Bonchev–Trinajstić information content (AvgIpc) is 3.14. The molecule has 0 aliphatic carbocycles. The Hall–Kier alpha value is -3.38. The summed E-state index contributed by atoms with van der Waals surface area (Å²) < 4.78 is 0. The number of hydrogen-bond acceptors (Lipinski definition) is 3. The zero-order chi connectivity index (χ0) is 20.7. The summed E-state index contributed by atoms with van der Waals surface area (Å²) in [5.74, 6) is -0.192. The number of non-ortho nitro benzene ring substituents is 1. The van der Waals surface area contributed by atoms with E-state index in [9.17, 15) is 14.9 Å². The van der Waals surface area contributed by atoms with Crippen LogP contribution in [0.15, 0.2) is 48.5 Å². The molecule has 4 rings (SSSR count). The molecule has 29 heavy (non-hydrogen) atoms. The van der Waals surface area contributed by atoms with Crippen molar-refractivity contribution in [2.45, 2.75) is 20.4 Å². The highest BCUT2D eigenvalue weighted by molar-refractivity contribution is 6.36. The van der Waals surface area contributed by atoms with Crippen LogP contribution >= 0.6 is 11.6 Å². The molecule has 2 heterocycles. The van der Waals surface area contributed by atoms with Crippen molar-refractivity contribution in [3.63, 3.8) is 0 Å². The first-order chi connectivity index (χ1) is 13.8. The van der Waals surface area contributed by atoms with Gasteiger partial charge in [-0.3, -0.25) is 14.9 Å². The Kier molecular flexibility index (Phi) is 4.72. The summed E-state index contributed by atoms with van der Waals surface area (Å²) in [4.78, 5) is 29.0. The maximum atomic E-state index is 13.3. The van der Waals surface area contributed by atoms with E-state index in [1.807, 2.05) is 32.0 Å². The number of hydrogen-bond donors (Lipinski definition) is 1. The molecule has 3 aromatic rings. The van der Waals surface area contributed by atoms with E-state index in [1.54, 1.807) is 29.2 Å². The number of amides is 1. The van der Waals surface area contributed by atoms with Crippen molar-refractivity contribution in [1.29, 1.82) is 0 Å². The van der Waals surface area contributed by atoms with E-state index in [4.69, 9.17) is 11.6 Å². The molecule has 0 atom stereocenters. The number of aryl methyl sites for hydroxylation is 2. The van der Waals surface area contributed by atoms with Gasteiger partial charge in [-0.25, -0.2) is 0 Å². The van der Waals surface area contributed by atoms with Crippen LogP contribution in [0.5, 0.6) is 0 Å². The molecule has 0 fully saturated rings. The van der Waals surface area contributed by atoms with Crippen LogP contribution in [0.25, 0.3) is 11.6 Å². The first kappa shape index (κ1) is 19.0. The molecule has 1 N–H and O–H groups in total. The van der Waals surface area contributed by atoms with Gasteiger partial charge in [0.2, 0.25) is 0 Å². The SMILES string of the molecule is Cc1cc(C)c(/C=C2\C(=O)N(Cc3ccc(Cl)cc3)c3ccc([N+](=O)[O-])cc32)[nH]1. The van der Waals surface area contributed by atoms with E-state index >= 15 is 0 Å². The minimum absolute atomic E-state index is 0.0461. The molecular weight excluding hydrogens is 390 g/mol. The third-order valence-corrected chi connectivity index (χ3v) is 5.23. The fraction of sp³-hybridized carbons (Fsp3) is 0.136. The van der Waals surface area contributed by atoms with E-state index in [2.05, 4.69) is 4.98 Å². The standard InChI is InChI=1S/C22H18ClN3O3/c1-13-9-14(2)24-20(13)11-19-18-10-17(26(28)29)7-8-21(18)25(22(19)27)12-15-3-5-16(23)6-4-15/h3-11,24H,12H2,1-2H3/b19-11-. The molecule has 1 aliphatic heterocycles. The fourth-order valence-electron chi connectivity index (χ4n) is 3.57. The Bertz CT molecular complexity index is 1160. The van der Waals surface area contributed by atoms with Crippen LogP contribution < -0.4 is 4.90 Å². The Morgan fingerprint density at radius 1 is 1.14 bits per heavy atom. The minimum Gasteiger partial charge on any atom is -0.359 e. The van der Waals surface area contributed by atoms with Crippen molar-refractivity contribution in [2.24, 2.45) is 0 Å². The summed E-state index contributed by atoms with van der Waals surface area (Å²) in [7, 11) is 0. The van der Waals surface area contributed by atoms with Crippen LogP contribution in [-0.4, -0.2) is 15.8 Å². The van der Waals surface area contributed by atoms with Gasteiger partial charge in [-0.1, -0.05) is 23.7 Å². The van der Waals surface area contributed by atoms with Gasteiger partial charge in [0, 0.05) is 34.1 Å². The summed E-state index contributed by atoms with van der Waals surface area (Å²) in [5, 5.41) is 11.9. The van der Waals surface area contributed by atoms with E-state index in [0.717, 1.165) is 22.5 Å². The Labute approximate surface area is 172 Å². The molecule has 6 nitrogen and oxygen atoms in total. The molecule has 0 unspecified atom stereocenters. The van der Waals surface area contributed by atoms with E-state index in [0.29, 0.717) is 28.4 Å². The molecular formula is C22H18ClN3O3. The molecule has 146 valence electrons. The number of rotatable bonds is 4. The Morgan fingerprint density at radius 2 is 1.86 bits per heavy atom. The lowest BCUT2D eigenvalue weighted by atomic mass is 10.0. The van der Waals surface area contributed by atoms with Crippen LogP contribution in [-0.2, 0) is 11.3 Å².